The molecule has 5 atom stereocenters. The Balaban J connectivity index is 0.000000518. The molecule has 3 unspecified atom stereocenters. The normalized spacial score (nSPS) is 40.9. The molecule has 0 aromatic rings. The summed E-state index contributed by atoms with van der Waals surface area (Å²) < 4.78 is 233. The molecule has 0 nitrogen and oxygen atoms in total. The predicted octanol–water partition coefficient (Wildman–Crippen LogP) is 8.72. The molecular formula is C18H19F19. The maximum Gasteiger partial charge on any atom is 0.375 e. The largest absolute Gasteiger partial charge is 0.375 e. The van der Waals surface area contributed by atoms with Crippen molar-refractivity contribution >= 4 is 0 Å². The zero-order valence-electron chi connectivity index (χ0n) is 17.5. The fraction of sp³-hybridized carbons (Fsp3) is 1.00. The highest BCUT2D eigenvalue weighted by Gasteiger charge is 2.81. The van der Waals surface area contributed by atoms with E-state index in [-0.39, 0.29) is 21.3 Å². The molecule has 0 heterocycles. The molecule has 0 amide bonds. The Morgan fingerprint density at radius 3 is 0.676 bits per heavy atom. The summed E-state index contributed by atoms with van der Waals surface area (Å²) in [6, 6.07) is 0. The van der Waals surface area contributed by atoms with Crippen molar-refractivity contribution in [3.05, 3.63) is 0 Å². The maximum absolute atomic E-state index is 12.7. The first-order valence-electron chi connectivity index (χ1n) is 9.33. The topological polar surface area (TPSA) is 0 Å². The van der Waals surface area contributed by atoms with Gasteiger partial charge in [-0.15, -0.1) is 0 Å². The molecule has 3 rings (SSSR count). The van der Waals surface area contributed by atoms with Gasteiger partial charge in [0, 0.05) is 0 Å². The molecule has 0 bridgehead atoms. The van der Waals surface area contributed by atoms with Crippen LogP contribution in [0.1, 0.15) is 40.5 Å². The third-order valence-corrected chi connectivity index (χ3v) is 5.90. The second-order valence-corrected chi connectivity index (χ2v) is 8.63. The van der Waals surface area contributed by atoms with E-state index in [2.05, 4.69) is 0 Å². The molecule has 0 radical (unpaired) electrons. The molecule has 0 saturated heterocycles. The van der Waals surface area contributed by atoms with Crippen molar-refractivity contribution < 1.29 is 83.4 Å². The molecule has 3 fully saturated rings. The zero-order valence-corrected chi connectivity index (χ0v) is 17.5. The van der Waals surface area contributed by atoms with Crippen LogP contribution in [0.4, 0.5) is 83.4 Å². The molecule has 0 aromatic carbocycles. The van der Waals surface area contributed by atoms with Crippen molar-refractivity contribution in [2.24, 2.45) is 0 Å². The molecule has 3 aliphatic rings. The third-order valence-electron chi connectivity index (χ3n) is 5.90. The average molecular weight is 596 g/mol. The molecule has 224 valence electrons. The maximum atomic E-state index is 12.7. The highest BCUT2D eigenvalue weighted by Crippen LogP contribution is 2.58. The van der Waals surface area contributed by atoms with Crippen molar-refractivity contribution in [1.82, 2.24) is 0 Å². The van der Waals surface area contributed by atoms with Gasteiger partial charge in [0.05, 0.1) is 19.3 Å². The van der Waals surface area contributed by atoms with E-state index >= 15 is 0 Å². The Labute approximate surface area is 196 Å². The predicted molar refractivity (Wildman–Crippen MR) is 88.9 cm³/mol. The van der Waals surface area contributed by atoms with Crippen LogP contribution in [0.5, 0.6) is 0 Å². The van der Waals surface area contributed by atoms with Gasteiger partial charge in [0.2, 0.25) is 11.3 Å². The van der Waals surface area contributed by atoms with E-state index in [1.807, 2.05) is 0 Å². The number of alkyl halides is 19. The van der Waals surface area contributed by atoms with Crippen LogP contribution in [0.3, 0.4) is 0 Å². The van der Waals surface area contributed by atoms with Gasteiger partial charge in [-0.3, -0.25) is 0 Å². The standard InChI is InChI=1S/2C6H6F6.C5H3F7.CH4/c2*1-4(8)3(7)2-5(9,10)6(4,11)12;6-2-1-3(7,8)5(11,12)4(2,9)10;/h2*3H,2H2,1H3;2H,1H2;1H4/t3-,4?;;2-;/m1.0./s1. The van der Waals surface area contributed by atoms with Crippen molar-refractivity contribution in [3.8, 4) is 0 Å². The zero-order chi connectivity index (χ0) is 29.4. The highest BCUT2D eigenvalue weighted by atomic mass is 19.4. The van der Waals surface area contributed by atoms with Gasteiger partial charge < -0.3 is 0 Å². The van der Waals surface area contributed by atoms with Crippen molar-refractivity contribution in [3.63, 3.8) is 0 Å². The summed E-state index contributed by atoms with van der Waals surface area (Å²) in [6.45, 7) is 0.303. The van der Waals surface area contributed by atoms with E-state index in [0.29, 0.717) is 0 Å². The molecule has 0 aromatic heterocycles. The highest BCUT2D eigenvalue weighted by molar-refractivity contribution is 5.13. The van der Waals surface area contributed by atoms with E-state index in [9.17, 15) is 83.4 Å². The fourth-order valence-corrected chi connectivity index (χ4v) is 3.12. The lowest BCUT2D eigenvalue weighted by Gasteiger charge is -2.26. The van der Waals surface area contributed by atoms with Gasteiger partial charge in [0.15, 0.2) is 6.17 Å². The molecule has 0 spiro atoms. The minimum absolute atomic E-state index is 0. The average Bonchev–Trinajstić information content (AvgIpc) is 2.89. The van der Waals surface area contributed by atoms with Gasteiger partial charge in [0.25, 0.3) is 0 Å². The molecule has 0 aliphatic heterocycles. The summed E-state index contributed by atoms with van der Waals surface area (Å²) in [6.07, 6.45) is -14.8. The molecule has 3 aliphatic carbocycles. The molecule has 19 heteroatoms. The summed E-state index contributed by atoms with van der Waals surface area (Å²) in [5.74, 6) is -34.8. The summed E-state index contributed by atoms with van der Waals surface area (Å²) in [5, 5.41) is 0. The summed E-state index contributed by atoms with van der Waals surface area (Å²) >= 11 is 0. The number of hydrogen-bond acceptors (Lipinski definition) is 0. The Kier molecular flexibility index (Phi) is 9.06. The first-order valence-corrected chi connectivity index (χ1v) is 9.33. The van der Waals surface area contributed by atoms with Crippen LogP contribution in [0.15, 0.2) is 0 Å². The minimum Gasteiger partial charge on any atom is -0.243 e. The van der Waals surface area contributed by atoms with Gasteiger partial charge in [-0.2, -0.15) is 61.5 Å². The number of halogens is 19. The van der Waals surface area contributed by atoms with Gasteiger partial charge in [0.1, 0.15) is 12.3 Å². The van der Waals surface area contributed by atoms with Crippen molar-refractivity contribution in [2.75, 3.05) is 0 Å². The Morgan fingerprint density at radius 1 is 0.405 bits per heavy atom. The van der Waals surface area contributed by atoms with Crippen molar-refractivity contribution in [2.45, 2.75) is 112 Å². The molecular weight excluding hydrogens is 577 g/mol. The lowest BCUT2D eigenvalue weighted by Crippen LogP contribution is -2.49. The first-order chi connectivity index (χ1) is 15.4. The smallest absolute Gasteiger partial charge is 0.243 e. The van der Waals surface area contributed by atoms with E-state index < -0.39 is 90.6 Å². The van der Waals surface area contributed by atoms with Crippen molar-refractivity contribution in [1.29, 1.82) is 0 Å². The minimum atomic E-state index is -5.58. The fourth-order valence-electron chi connectivity index (χ4n) is 3.12. The van der Waals surface area contributed by atoms with Crippen LogP contribution in [-0.2, 0) is 0 Å². The van der Waals surface area contributed by atoms with Crippen LogP contribution in [0.2, 0.25) is 0 Å². The van der Waals surface area contributed by atoms with E-state index in [0.717, 1.165) is 0 Å². The lowest BCUT2D eigenvalue weighted by atomic mass is 10.0. The lowest BCUT2D eigenvalue weighted by molar-refractivity contribution is -0.277. The van der Waals surface area contributed by atoms with Gasteiger partial charge in [-0.05, 0) is 13.8 Å². The molecule has 0 N–H and O–H groups in total. The van der Waals surface area contributed by atoms with E-state index in [1.165, 1.54) is 0 Å². The monoisotopic (exact) mass is 596 g/mol. The third kappa shape index (κ3) is 5.04. The summed E-state index contributed by atoms with van der Waals surface area (Å²) in [4.78, 5) is 0. The van der Waals surface area contributed by atoms with Gasteiger partial charge in [-0.25, -0.2) is 22.0 Å². The van der Waals surface area contributed by atoms with E-state index in [4.69, 9.17) is 0 Å². The number of hydrogen-bond donors (Lipinski definition) is 0. The van der Waals surface area contributed by atoms with Crippen LogP contribution >= 0.6 is 0 Å². The quantitative estimate of drug-likeness (QED) is 0.246. The Morgan fingerprint density at radius 2 is 0.622 bits per heavy atom. The summed E-state index contributed by atoms with van der Waals surface area (Å²) in [5.41, 5.74) is -7.53. The Hall–Kier alpha value is -1.33. The van der Waals surface area contributed by atoms with Crippen LogP contribution < -0.4 is 0 Å². The van der Waals surface area contributed by atoms with Crippen LogP contribution in [0, 0.1) is 0 Å². The van der Waals surface area contributed by atoms with Crippen LogP contribution in [0.25, 0.3) is 0 Å². The van der Waals surface area contributed by atoms with Gasteiger partial charge in [-0.1, -0.05) is 7.43 Å². The molecule has 3 saturated carbocycles. The van der Waals surface area contributed by atoms with Gasteiger partial charge >= 0.3 is 41.5 Å². The first kappa shape index (κ1) is 35.7. The molecule has 37 heavy (non-hydrogen) atoms. The van der Waals surface area contributed by atoms with Crippen LogP contribution in [-0.4, -0.2) is 71.3 Å². The number of rotatable bonds is 0. The second-order valence-electron chi connectivity index (χ2n) is 8.63. The van der Waals surface area contributed by atoms with E-state index in [1.54, 1.807) is 0 Å². The summed E-state index contributed by atoms with van der Waals surface area (Å²) in [7, 11) is 0. The Bertz CT molecular complexity index is 694. The second kappa shape index (κ2) is 9.40. The SMILES string of the molecule is C.CC1(F)C(F)CC(F)(F)C1(F)F.CC1(F)[C@H](F)CC(F)(F)C1(F)F.F[C@H]1CC(F)(F)C(F)(F)C1(F)F.